The van der Waals surface area contributed by atoms with Crippen molar-refractivity contribution in [2.45, 2.75) is 11.8 Å². The molecule has 0 unspecified atom stereocenters. The lowest BCUT2D eigenvalue weighted by molar-refractivity contribution is 0.0993. The molecule has 0 saturated heterocycles. The van der Waals surface area contributed by atoms with E-state index in [4.69, 9.17) is 0 Å². The van der Waals surface area contributed by atoms with Crippen LogP contribution in [0.2, 0.25) is 0 Å². The van der Waals surface area contributed by atoms with E-state index < -0.39 is 9.84 Å². The molecule has 0 aliphatic carbocycles. The zero-order valence-corrected chi connectivity index (χ0v) is 15.3. The van der Waals surface area contributed by atoms with Crippen LogP contribution in [0.3, 0.4) is 0 Å². The molecule has 0 saturated carbocycles. The summed E-state index contributed by atoms with van der Waals surface area (Å²) in [5, 5.41) is 11.1. The van der Waals surface area contributed by atoms with Crippen molar-refractivity contribution >= 4 is 21.4 Å². The highest BCUT2D eigenvalue weighted by Gasteiger charge is 2.16. The molecule has 0 aliphatic heterocycles. The van der Waals surface area contributed by atoms with Gasteiger partial charge in [-0.3, -0.25) is 4.79 Å². The fourth-order valence-corrected chi connectivity index (χ4v) is 3.18. The first kappa shape index (κ1) is 17.7. The van der Waals surface area contributed by atoms with Crippen molar-refractivity contribution in [2.24, 2.45) is 0 Å². The molecule has 0 radical (unpaired) electrons. The Labute approximate surface area is 151 Å². The smallest absolute Gasteiger partial charge is 0.258 e. The number of tetrazole rings is 1. The Kier molecular flexibility index (Phi) is 4.56. The zero-order valence-electron chi connectivity index (χ0n) is 14.5. The Balaban J connectivity index is 1.86. The molecular formula is C17H17N5O3S. The second-order valence-electron chi connectivity index (χ2n) is 5.89. The van der Waals surface area contributed by atoms with Crippen LogP contribution in [0.15, 0.2) is 53.7 Å². The lowest BCUT2D eigenvalue weighted by atomic mass is 10.1. The lowest BCUT2D eigenvalue weighted by Crippen LogP contribution is -2.26. The number of carbonyl (C=O) groups excluding carboxylic acids is 1. The molecule has 0 atom stereocenters. The van der Waals surface area contributed by atoms with E-state index in [0.717, 1.165) is 17.5 Å². The topological polar surface area (TPSA) is 98.1 Å². The third-order valence-corrected chi connectivity index (χ3v) is 5.12. The van der Waals surface area contributed by atoms with E-state index in [-0.39, 0.29) is 10.8 Å². The van der Waals surface area contributed by atoms with Gasteiger partial charge in [0.1, 0.15) is 6.33 Å². The molecule has 0 spiro atoms. The number of hydrogen-bond donors (Lipinski definition) is 0. The number of hydrogen-bond acceptors (Lipinski definition) is 6. The quantitative estimate of drug-likeness (QED) is 0.692. The van der Waals surface area contributed by atoms with E-state index in [1.807, 2.05) is 6.92 Å². The van der Waals surface area contributed by atoms with Crippen LogP contribution in [0.4, 0.5) is 5.69 Å². The largest absolute Gasteiger partial charge is 0.311 e. The molecular weight excluding hydrogens is 354 g/mol. The van der Waals surface area contributed by atoms with Crippen LogP contribution in [0.1, 0.15) is 15.9 Å². The molecule has 8 nitrogen and oxygen atoms in total. The summed E-state index contributed by atoms with van der Waals surface area (Å²) in [6.07, 6.45) is 2.63. The predicted molar refractivity (Wildman–Crippen MR) is 96.2 cm³/mol. The van der Waals surface area contributed by atoms with E-state index in [9.17, 15) is 13.2 Å². The van der Waals surface area contributed by atoms with Gasteiger partial charge in [0, 0.05) is 24.6 Å². The minimum absolute atomic E-state index is 0.205. The molecule has 9 heteroatoms. The van der Waals surface area contributed by atoms with Crippen molar-refractivity contribution in [3.8, 4) is 5.69 Å². The molecule has 3 aromatic rings. The molecule has 0 bridgehead atoms. The predicted octanol–water partition coefficient (Wildman–Crippen LogP) is 1.65. The number of sulfone groups is 1. The molecule has 1 amide bonds. The van der Waals surface area contributed by atoms with Gasteiger partial charge < -0.3 is 4.90 Å². The fourth-order valence-electron chi connectivity index (χ4n) is 2.55. The van der Waals surface area contributed by atoms with Crippen molar-refractivity contribution in [3.63, 3.8) is 0 Å². The average Bonchev–Trinajstić information content (AvgIpc) is 3.14. The molecule has 1 heterocycles. The van der Waals surface area contributed by atoms with Crippen LogP contribution < -0.4 is 4.90 Å². The van der Waals surface area contributed by atoms with E-state index in [1.165, 1.54) is 28.0 Å². The number of aryl methyl sites for hydroxylation is 1. The van der Waals surface area contributed by atoms with E-state index >= 15 is 0 Å². The van der Waals surface area contributed by atoms with Gasteiger partial charge in [-0.05, 0) is 65.4 Å². The third-order valence-electron chi connectivity index (χ3n) is 4.00. The van der Waals surface area contributed by atoms with Gasteiger partial charge >= 0.3 is 0 Å². The first-order valence-electron chi connectivity index (χ1n) is 7.69. The SMILES string of the molecule is Cc1cc(C(=O)N(C)c2ccc(S(C)(=O)=O)cc2)ccc1-n1cnnn1. The second-order valence-corrected chi connectivity index (χ2v) is 7.90. The summed E-state index contributed by atoms with van der Waals surface area (Å²) in [4.78, 5) is 14.4. The van der Waals surface area contributed by atoms with E-state index in [1.54, 1.807) is 37.4 Å². The van der Waals surface area contributed by atoms with Crippen LogP contribution in [0.5, 0.6) is 0 Å². The summed E-state index contributed by atoms with van der Waals surface area (Å²) in [6, 6.07) is 11.4. The Morgan fingerprint density at radius 2 is 1.81 bits per heavy atom. The molecule has 134 valence electrons. The molecule has 1 aromatic heterocycles. The summed E-state index contributed by atoms with van der Waals surface area (Å²) in [6.45, 7) is 1.87. The van der Waals surface area contributed by atoms with Gasteiger partial charge in [-0.1, -0.05) is 0 Å². The Hall–Kier alpha value is -3.07. The second kappa shape index (κ2) is 6.68. The van der Waals surface area contributed by atoms with Crippen molar-refractivity contribution in [1.82, 2.24) is 20.2 Å². The standard InChI is InChI=1S/C17H17N5O3S/c1-12-10-13(4-9-16(12)22-11-18-19-20-22)17(23)21(2)14-5-7-15(8-6-14)26(3,24)25/h4-11H,1-3H3. The van der Waals surface area contributed by atoms with Gasteiger partial charge in [0.2, 0.25) is 0 Å². The number of aromatic nitrogens is 4. The number of anilines is 1. The monoisotopic (exact) mass is 371 g/mol. The van der Waals surface area contributed by atoms with Gasteiger partial charge in [-0.15, -0.1) is 5.10 Å². The number of nitrogens with zero attached hydrogens (tertiary/aromatic N) is 5. The number of benzene rings is 2. The highest BCUT2D eigenvalue weighted by molar-refractivity contribution is 7.90. The molecule has 0 N–H and O–H groups in total. The molecule has 0 fully saturated rings. The van der Waals surface area contributed by atoms with E-state index in [2.05, 4.69) is 15.5 Å². The van der Waals surface area contributed by atoms with Gasteiger partial charge in [0.25, 0.3) is 5.91 Å². The third kappa shape index (κ3) is 3.47. The highest BCUT2D eigenvalue weighted by Crippen LogP contribution is 2.21. The van der Waals surface area contributed by atoms with Gasteiger partial charge in [-0.2, -0.15) is 0 Å². The molecule has 3 rings (SSSR count). The Morgan fingerprint density at radius 1 is 1.12 bits per heavy atom. The Morgan fingerprint density at radius 3 is 2.35 bits per heavy atom. The zero-order chi connectivity index (χ0) is 18.9. The summed E-state index contributed by atoms with van der Waals surface area (Å²) < 4.78 is 24.6. The van der Waals surface area contributed by atoms with Crippen LogP contribution in [0.25, 0.3) is 5.69 Å². The first-order valence-corrected chi connectivity index (χ1v) is 9.59. The van der Waals surface area contributed by atoms with E-state index in [0.29, 0.717) is 11.3 Å². The Bertz CT molecular complexity index is 1040. The van der Waals surface area contributed by atoms with Gasteiger partial charge in [0.05, 0.1) is 10.6 Å². The number of amides is 1. The summed E-state index contributed by atoms with van der Waals surface area (Å²) in [5.41, 5.74) is 2.74. The average molecular weight is 371 g/mol. The van der Waals surface area contributed by atoms with Crippen LogP contribution in [-0.4, -0.2) is 47.8 Å². The number of rotatable bonds is 4. The van der Waals surface area contributed by atoms with Gasteiger partial charge in [0.15, 0.2) is 9.84 Å². The molecule has 0 aliphatic rings. The minimum atomic E-state index is -3.27. The van der Waals surface area contributed by atoms with Crippen LogP contribution in [0, 0.1) is 6.92 Å². The van der Waals surface area contributed by atoms with Crippen LogP contribution >= 0.6 is 0 Å². The number of carbonyl (C=O) groups is 1. The summed E-state index contributed by atoms with van der Waals surface area (Å²) in [7, 11) is -1.63. The normalized spacial score (nSPS) is 11.3. The maximum Gasteiger partial charge on any atom is 0.258 e. The maximum absolute atomic E-state index is 12.7. The van der Waals surface area contributed by atoms with Crippen molar-refractivity contribution < 1.29 is 13.2 Å². The van der Waals surface area contributed by atoms with Crippen molar-refractivity contribution in [1.29, 1.82) is 0 Å². The van der Waals surface area contributed by atoms with Crippen LogP contribution in [-0.2, 0) is 9.84 Å². The summed E-state index contributed by atoms with van der Waals surface area (Å²) in [5.74, 6) is -0.205. The lowest BCUT2D eigenvalue weighted by Gasteiger charge is -2.18. The summed E-state index contributed by atoms with van der Waals surface area (Å²) >= 11 is 0. The first-order chi connectivity index (χ1) is 12.3. The van der Waals surface area contributed by atoms with Crippen molar-refractivity contribution in [3.05, 3.63) is 59.9 Å². The maximum atomic E-state index is 12.7. The highest BCUT2D eigenvalue weighted by atomic mass is 32.2. The molecule has 26 heavy (non-hydrogen) atoms. The minimum Gasteiger partial charge on any atom is -0.311 e. The fraction of sp³-hybridized carbons (Fsp3) is 0.176. The van der Waals surface area contributed by atoms with Gasteiger partial charge in [-0.25, -0.2) is 13.1 Å². The molecule has 2 aromatic carbocycles. The van der Waals surface area contributed by atoms with Crippen molar-refractivity contribution in [2.75, 3.05) is 18.2 Å².